The summed E-state index contributed by atoms with van der Waals surface area (Å²) in [5.41, 5.74) is -0.0605. The van der Waals surface area contributed by atoms with Gasteiger partial charge in [0.15, 0.2) is 5.78 Å². The zero-order valence-corrected chi connectivity index (χ0v) is 10.9. The average Bonchev–Trinajstić information content (AvgIpc) is 2.88. The molecule has 0 atom stereocenters. The fraction of sp³-hybridized carbons (Fsp3) is 0.500. The van der Waals surface area contributed by atoms with E-state index in [0.717, 1.165) is 0 Å². The molecular formula is C14H17NO4. The van der Waals surface area contributed by atoms with Gasteiger partial charge in [-0.05, 0) is 37.8 Å². The normalized spacial score (nSPS) is 15.4. The Labute approximate surface area is 111 Å². The van der Waals surface area contributed by atoms with E-state index in [2.05, 4.69) is 0 Å². The summed E-state index contributed by atoms with van der Waals surface area (Å²) in [6, 6.07) is 4.36. The Hall–Kier alpha value is -1.91. The SMILES string of the molecule is CC(=O)c1cc(OCC2CCCC2)ccc1[N+](=O)[O-]. The predicted octanol–water partition coefficient (Wildman–Crippen LogP) is 3.37. The second-order valence-corrected chi connectivity index (χ2v) is 4.95. The summed E-state index contributed by atoms with van der Waals surface area (Å²) < 4.78 is 5.64. The molecule has 0 unspecified atom stereocenters. The summed E-state index contributed by atoms with van der Waals surface area (Å²) in [7, 11) is 0. The number of ether oxygens (including phenoxy) is 1. The van der Waals surface area contributed by atoms with Gasteiger partial charge in [-0.25, -0.2) is 0 Å². The zero-order valence-electron chi connectivity index (χ0n) is 10.9. The van der Waals surface area contributed by atoms with E-state index < -0.39 is 4.92 Å². The number of benzene rings is 1. The van der Waals surface area contributed by atoms with Crippen molar-refractivity contribution in [3.63, 3.8) is 0 Å². The molecule has 0 amide bonds. The lowest BCUT2D eigenvalue weighted by Crippen LogP contribution is -2.09. The third-order valence-corrected chi connectivity index (χ3v) is 3.50. The van der Waals surface area contributed by atoms with E-state index in [1.807, 2.05) is 0 Å². The average molecular weight is 263 g/mol. The number of nitro benzene ring substituents is 1. The number of nitrogens with zero attached hydrogens (tertiary/aromatic N) is 1. The maximum absolute atomic E-state index is 11.4. The van der Waals surface area contributed by atoms with E-state index in [1.54, 1.807) is 6.07 Å². The van der Waals surface area contributed by atoms with Crippen molar-refractivity contribution >= 4 is 11.5 Å². The Bertz CT molecular complexity index is 492. The predicted molar refractivity (Wildman–Crippen MR) is 70.6 cm³/mol. The molecule has 0 radical (unpaired) electrons. The first-order chi connectivity index (χ1) is 9.08. The summed E-state index contributed by atoms with van der Waals surface area (Å²) >= 11 is 0. The monoisotopic (exact) mass is 263 g/mol. The highest BCUT2D eigenvalue weighted by Gasteiger charge is 2.19. The van der Waals surface area contributed by atoms with Crippen LogP contribution in [0.4, 0.5) is 5.69 Å². The van der Waals surface area contributed by atoms with E-state index in [-0.39, 0.29) is 17.0 Å². The van der Waals surface area contributed by atoms with Crippen LogP contribution in [0.25, 0.3) is 0 Å². The van der Waals surface area contributed by atoms with Crippen molar-refractivity contribution in [3.8, 4) is 5.75 Å². The Balaban J connectivity index is 2.11. The molecule has 2 rings (SSSR count). The van der Waals surface area contributed by atoms with E-state index in [0.29, 0.717) is 18.3 Å². The largest absolute Gasteiger partial charge is 0.493 e. The molecule has 5 nitrogen and oxygen atoms in total. The van der Waals surface area contributed by atoms with Gasteiger partial charge >= 0.3 is 0 Å². The van der Waals surface area contributed by atoms with Gasteiger partial charge in [-0.1, -0.05) is 12.8 Å². The Morgan fingerprint density at radius 2 is 2.11 bits per heavy atom. The molecule has 1 aliphatic rings. The van der Waals surface area contributed by atoms with Crippen molar-refractivity contribution in [1.82, 2.24) is 0 Å². The quantitative estimate of drug-likeness (QED) is 0.464. The minimum absolute atomic E-state index is 0.105. The van der Waals surface area contributed by atoms with Crippen molar-refractivity contribution in [2.75, 3.05) is 6.61 Å². The van der Waals surface area contributed by atoms with Crippen LogP contribution in [0, 0.1) is 16.0 Å². The van der Waals surface area contributed by atoms with Gasteiger partial charge in [0, 0.05) is 6.07 Å². The summed E-state index contributed by atoms with van der Waals surface area (Å²) in [4.78, 5) is 21.7. The van der Waals surface area contributed by atoms with Gasteiger partial charge in [0.2, 0.25) is 0 Å². The van der Waals surface area contributed by atoms with Gasteiger partial charge in [-0.2, -0.15) is 0 Å². The van der Waals surface area contributed by atoms with Crippen molar-refractivity contribution in [2.45, 2.75) is 32.6 Å². The Morgan fingerprint density at radius 3 is 2.68 bits per heavy atom. The summed E-state index contributed by atoms with van der Waals surface area (Å²) in [6.45, 7) is 1.94. The second-order valence-electron chi connectivity index (χ2n) is 4.95. The lowest BCUT2D eigenvalue weighted by molar-refractivity contribution is -0.385. The molecule has 19 heavy (non-hydrogen) atoms. The van der Waals surface area contributed by atoms with Gasteiger partial charge in [-0.15, -0.1) is 0 Å². The number of Topliss-reactive ketones (excluding diaryl/α,β-unsaturated/α-hetero) is 1. The Morgan fingerprint density at radius 1 is 1.42 bits per heavy atom. The number of carbonyl (C=O) groups excluding carboxylic acids is 1. The van der Waals surface area contributed by atoms with E-state index in [9.17, 15) is 14.9 Å². The molecule has 1 saturated carbocycles. The van der Waals surface area contributed by atoms with Crippen molar-refractivity contribution in [1.29, 1.82) is 0 Å². The van der Waals surface area contributed by atoms with Crippen molar-refractivity contribution in [3.05, 3.63) is 33.9 Å². The summed E-state index contributed by atoms with van der Waals surface area (Å²) in [6.07, 6.45) is 4.83. The van der Waals surface area contributed by atoms with E-state index in [4.69, 9.17) is 4.74 Å². The fourth-order valence-electron chi connectivity index (χ4n) is 2.44. The summed E-state index contributed by atoms with van der Waals surface area (Å²) in [5, 5.41) is 10.8. The lowest BCUT2D eigenvalue weighted by atomic mass is 10.1. The van der Waals surface area contributed by atoms with Crippen molar-refractivity contribution < 1.29 is 14.5 Å². The molecule has 0 N–H and O–H groups in total. The molecule has 0 bridgehead atoms. The highest BCUT2D eigenvalue weighted by molar-refractivity contribution is 5.98. The molecule has 0 heterocycles. The van der Waals surface area contributed by atoms with Crippen LogP contribution in [0.1, 0.15) is 43.0 Å². The molecule has 0 aliphatic heterocycles. The molecule has 0 spiro atoms. The van der Waals surface area contributed by atoms with Crippen LogP contribution in [0.15, 0.2) is 18.2 Å². The molecule has 0 saturated heterocycles. The van der Waals surface area contributed by atoms with Crippen LogP contribution in [0.3, 0.4) is 0 Å². The second kappa shape index (κ2) is 5.82. The molecule has 1 aromatic carbocycles. The zero-order chi connectivity index (χ0) is 13.8. The van der Waals surface area contributed by atoms with Gasteiger partial charge < -0.3 is 4.74 Å². The minimum Gasteiger partial charge on any atom is -0.493 e. The third kappa shape index (κ3) is 3.30. The van der Waals surface area contributed by atoms with E-state index >= 15 is 0 Å². The summed E-state index contributed by atoms with van der Waals surface area (Å²) in [5.74, 6) is 0.775. The maximum Gasteiger partial charge on any atom is 0.280 e. The standard InChI is InChI=1S/C14H17NO4/c1-10(16)13-8-12(6-7-14(13)15(17)18)19-9-11-4-2-3-5-11/h6-8,11H,2-5,9H2,1H3. The smallest absolute Gasteiger partial charge is 0.280 e. The first-order valence-electron chi connectivity index (χ1n) is 6.50. The molecule has 1 fully saturated rings. The minimum atomic E-state index is -0.544. The van der Waals surface area contributed by atoms with Gasteiger partial charge in [-0.3, -0.25) is 14.9 Å². The molecule has 102 valence electrons. The number of carbonyl (C=O) groups is 1. The van der Waals surface area contributed by atoms with Crippen LogP contribution >= 0.6 is 0 Å². The fourth-order valence-corrected chi connectivity index (χ4v) is 2.44. The number of nitro groups is 1. The number of rotatable bonds is 5. The first kappa shape index (κ1) is 13.5. The molecule has 5 heteroatoms. The van der Waals surface area contributed by atoms with Gasteiger partial charge in [0.1, 0.15) is 5.75 Å². The van der Waals surface area contributed by atoms with Gasteiger partial charge in [0.25, 0.3) is 5.69 Å². The van der Waals surface area contributed by atoms with Gasteiger partial charge in [0.05, 0.1) is 17.1 Å². The van der Waals surface area contributed by atoms with Crippen LogP contribution in [0.2, 0.25) is 0 Å². The number of ketones is 1. The van der Waals surface area contributed by atoms with Crippen LogP contribution < -0.4 is 4.74 Å². The topological polar surface area (TPSA) is 69.4 Å². The highest BCUT2D eigenvalue weighted by atomic mass is 16.6. The number of hydrogen-bond donors (Lipinski definition) is 0. The van der Waals surface area contributed by atoms with Crippen LogP contribution in [-0.2, 0) is 0 Å². The maximum atomic E-state index is 11.4. The highest BCUT2D eigenvalue weighted by Crippen LogP contribution is 2.28. The molecular weight excluding hydrogens is 246 g/mol. The molecule has 1 aliphatic carbocycles. The third-order valence-electron chi connectivity index (χ3n) is 3.50. The van der Waals surface area contributed by atoms with Crippen LogP contribution in [0.5, 0.6) is 5.75 Å². The van der Waals surface area contributed by atoms with E-state index in [1.165, 1.54) is 44.7 Å². The van der Waals surface area contributed by atoms with Crippen LogP contribution in [-0.4, -0.2) is 17.3 Å². The van der Waals surface area contributed by atoms with Crippen molar-refractivity contribution in [2.24, 2.45) is 5.92 Å². The lowest BCUT2D eigenvalue weighted by Gasteiger charge is -2.11. The first-order valence-corrected chi connectivity index (χ1v) is 6.50. The molecule has 1 aromatic rings. The Kier molecular flexibility index (Phi) is 4.14. The number of hydrogen-bond acceptors (Lipinski definition) is 4. The molecule has 0 aromatic heterocycles.